The summed E-state index contributed by atoms with van der Waals surface area (Å²) in [6, 6.07) is 7.42. The van der Waals surface area contributed by atoms with Crippen molar-refractivity contribution in [3.8, 4) is 0 Å². The summed E-state index contributed by atoms with van der Waals surface area (Å²) in [5, 5.41) is 13.2. The Hall–Kier alpha value is -1.39. The summed E-state index contributed by atoms with van der Waals surface area (Å²) in [7, 11) is 0. The van der Waals surface area contributed by atoms with Crippen LogP contribution in [0.15, 0.2) is 28.8 Å². The summed E-state index contributed by atoms with van der Waals surface area (Å²) in [4.78, 5) is 3.99. The van der Waals surface area contributed by atoms with Gasteiger partial charge >= 0.3 is 0 Å². The highest BCUT2D eigenvalue weighted by Crippen LogP contribution is 2.12. The number of halogens is 1. The quantitative estimate of drug-likeness (QED) is 0.864. The van der Waals surface area contributed by atoms with Gasteiger partial charge in [-0.25, -0.2) is 0 Å². The lowest BCUT2D eigenvalue weighted by Gasteiger charge is -1.95. The Balaban J connectivity index is 2.11. The van der Waals surface area contributed by atoms with E-state index in [2.05, 4.69) is 10.1 Å². The first-order valence-electron chi connectivity index (χ1n) is 4.44. The number of aliphatic hydroxyl groups is 1. The molecule has 1 aromatic heterocycles. The summed E-state index contributed by atoms with van der Waals surface area (Å²) in [6.45, 7) is -0.229. The predicted molar refractivity (Wildman–Crippen MR) is 54.5 cm³/mol. The summed E-state index contributed by atoms with van der Waals surface area (Å²) >= 11 is 5.76. The van der Waals surface area contributed by atoms with Crippen molar-refractivity contribution in [3.63, 3.8) is 0 Å². The van der Waals surface area contributed by atoms with Crippen LogP contribution in [0.2, 0.25) is 5.02 Å². The van der Waals surface area contributed by atoms with Crippen molar-refractivity contribution in [2.24, 2.45) is 0 Å². The zero-order valence-corrected chi connectivity index (χ0v) is 8.61. The molecule has 78 valence electrons. The fraction of sp³-hybridized carbons (Fsp3) is 0.200. The Labute approximate surface area is 91.5 Å². The average Bonchev–Trinajstić information content (AvgIpc) is 2.69. The normalized spacial score (nSPS) is 10.5. The lowest BCUT2D eigenvalue weighted by atomic mass is 10.1. The maximum Gasteiger partial charge on any atom is 0.252 e. The first kappa shape index (κ1) is 10.1. The van der Waals surface area contributed by atoms with Crippen molar-refractivity contribution < 1.29 is 9.63 Å². The fourth-order valence-electron chi connectivity index (χ4n) is 1.21. The van der Waals surface area contributed by atoms with E-state index in [4.69, 9.17) is 21.2 Å². The number of hydrogen-bond donors (Lipinski definition) is 1. The van der Waals surface area contributed by atoms with Crippen LogP contribution in [0.3, 0.4) is 0 Å². The molecule has 0 unspecified atom stereocenters. The number of rotatable bonds is 3. The van der Waals surface area contributed by atoms with Crippen LogP contribution >= 0.6 is 11.6 Å². The van der Waals surface area contributed by atoms with Gasteiger partial charge in [-0.3, -0.25) is 0 Å². The van der Waals surface area contributed by atoms with Gasteiger partial charge in [-0.1, -0.05) is 28.9 Å². The standard InChI is InChI=1S/C10H9ClN2O2/c11-8-3-1-7(2-4-8)5-9-12-10(6-14)15-13-9/h1-4,14H,5-6H2. The number of nitrogens with zero attached hydrogens (tertiary/aromatic N) is 2. The van der Waals surface area contributed by atoms with Crippen LogP contribution in [0.4, 0.5) is 0 Å². The number of aliphatic hydroxyl groups excluding tert-OH is 1. The van der Waals surface area contributed by atoms with Crippen LogP contribution in [0.1, 0.15) is 17.3 Å². The van der Waals surface area contributed by atoms with Crippen LogP contribution in [-0.2, 0) is 13.0 Å². The molecular weight excluding hydrogens is 216 g/mol. The lowest BCUT2D eigenvalue weighted by Crippen LogP contribution is -1.91. The number of hydrogen-bond acceptors (Lipinski definition) is 4. The van der Waals surface area contributed by atoms with Gasteiger partial charge in [-0.2, -0.15) is 4.98 Å². The molecule has 4 nitrogen and oxygen atoms in total. The third-order valence-electron chi connectivity index (χ3n) is 1.92. The predicted octanol–water partition coefficient (Wildman–Crippen LogP) is 1.81. The number of aromatic nitrogens is 2. The summed E-state index contributed by atoms with van der Waals surface area (Å²) in [6.07, 6.45) is 0.570. The lowest BCUT2D eigenvalue weighted by molar-refractivity contribution is 0.222. The van der Waals surface area contributed by atoms with Gasteiger partial charge in [-0.05, 0) is 17.7 Å². The molecule has 0 aliphatic heterocycles. The Morgan fingerprint density at radius 1 is 1.27 bits per heavy atom. The third-order valence-corrected chi connectivity index (χ3v) is 2.17. The largest absolute Gasteiger partial charge is 0.387 e. The van der Waals surface area contributed by atoms with Crippen molar-refractivity contribution >= 4 is 11.6 Å². The molecule has 1 heterocycles. The molecule has 0 aliphatic carbocycles. The van der Waals surface area contributed by atoms with E-state index in [1.165, 1.54) is 0 Å². The molecule has 1 aromatic carbocycles. The van der Waals surface area contributed by atoms with Crippen molar-refractivity contribution in [3.05, 3.63) is 46.6 Å². The maximum absolute atomic E-state index is 8.74. The molecule has 2 aromatic rings. The molecule has 2 rings (SSSR count). The molecule has 1 N–H and O–H groups in total. The van der Waals surface area contributed by atoms with E-state index in [-0.39, 0.29) is 12.5 Å². The van der Waals surface area contributed by atoms with Crippen LogP contribution in [0, 0.1) is 0 Å². The van der Waals surface area contributed by atoms with Gasteiger partial charge in [0.15, 0.2) is 5.82 Å². The van der Waals surface area contributed by atoms with Crippen LogP contribution < -0.4 is 0 Å². The van der Waals surface area contributed by atoms with E-state index in [9.17, 15) is 0 Å². The molecule has 0 saturated heterocycles. The van der Waals surface area contributed by atoms with Gasteiger partial charge in [0.1, 0.15) is 6.61 Å². The van der Waals surface area contributed by atoms with E-state index in [1.807, 2.05) is 24.3 Å². The van der Waals surface area contributed by atoms with Gasteiger partial charge in [0.2, 0.25) is 0 Å². The molecule has 15 heavy (non-hydrogen) atoms. The summed E-state index contributed by atoms with van der Waals surface area (Å²) in [5.74, 6) is 0.792. The van der Waals surface area contributed by atoms with Crippen molar-refractivity contribution in [1.29, 1.82) is 0 Å². The van der Waals surface area contributed by atoms with Crippen molar-refractivity contribution in [1.82, 2.24) is 10.1 Å². The monoisotopic (exact) mass is 224 g/mol. The second-order valence-corrected chi connectivity index (χ2v) is 3.50. The molecular formula is C10H9ClN2O2. The Morgan fingerprint density at radius 2 is 2.00 bits per heavy atom. The molecule has 0 fully saturated rings. The highest BCUT2D eigenvalue weighted by molar-refractivity contribution is 6.30. The Kier molecular flexibility index (Phi) is 2.99. The minimum atomic E-state index is -0.229. The van der Waals surface area contributed by atoms with Crippen molar-refractivity contribution in [2.75, 3.05) is 0 Å². The summed E-state index contributed by atoms with van der Waals surface area (Å²) < 4.78 is 4.77. The zero-order chi connectivity index (χ0) is 10.7. The first-order valence-corrected chi connectivity index (χ1v) is 4.82. The minimum Gasteiger partial charge on any atom is -0.387 e. The minimum absolute atomic E-state index is 0.229. The Morgan fingerprint density at radius 3 is 2.60 bits per heavy atom. The number of benzene rings is 1. The molecule has 0 atom stereocenters. The topological polar surface area (TPSA) is 59.2 Å². The molecule has 0 saturated carbocycles. The Bertz CT molecular complexity index is 439. The highest BCUT2D eigenvalue weighted by atomic mass is 35.5. The van der Waals surface area contributed by atoms with E-state index >= 15 is 0 Å². The first-order chi connectivity index (χ1) is 7.28. The van der Waals surface area contributed by atoms with E-state index in [0.717, 1.165) is 5.56 Å². The van der Waals surface area contributed by atoms with Gasteiger partial charge in [0.05, 0.1) is 0 Å². The van der Waals surface area contributed by atoms with Gasteiger partial charge < -0.3 is 9.63 Å². The second kappa shape index (κ2) is 4.42. The molecule has 0 bridgehead atoms. The molecule has 0 amide bonds. The molecule has 5 heteroatoms. The SMILES string of the molecule is OCc1nc(Cc2ccc(Cl)cc2)no1. The third kappa shape index (κ3) is 2.55. The molecule has 0 spiro atoms. The van der Waals surface area contributed by atoms with Gasteiger partial charge in [0, 0.05) is 11.4 Å². The van der Waals surface area contributed by atoms with Crippen LogP contribution in [0.5, 0.6) is 0 Å². The van der Waals surface area contributed by atoms with E-state index in [1.54, 1.807) is 0 Å². The smallest absolute Gasteiger partial charge is 0.252 e. The summed E-state index contributed by atoms with van der Waals surface area (Å²) in [5.41, 5.74) is 1.05. The van der Waals surface area contributed by atoms with Gasteiger partial charge in [-0.15, -0.1) is 0 Å². The highest BCUT2D eigenvalue weighted by Gasteiger charge is 2.05. The van der Waals surface area contributed by atoms with E-state index in [0.29, 0.717) is 17.3 Å². The average molecular weight is 225 g/mol. The van der Waals surface area contributed by atoms with E-state index < -0.39 is 0 Å². The van der Waals surface area contributed by atoms with Crippen molar-refractivity contribution in [2.45, 2.75) is 13.0 Å². The van der Waals surface area contributed by atoms with Gasteiger partial charge in [0.25, 0.3) is 5.89 Å². The second-order valence-electron chi connectivity index (χ2n) is 3.07. The molecule has 0 radical (unpaired) electrons. The molecule has 0 aliphatic rings. The van der Waals surface area contributed by atoms with Crippen LogP contribution in [0.25, 0.3) is 0 Å². The zero-order valence-electron chi connectivity index (χ0n) is 7.85. The van der Waals surface area contributed by atoms with Crippen LogP contribution in [-0.4, -0.2) is 15.2 Å². The maximum atomic E-state index is 8.74. The fourth-order valence-corrected chi connectivity index (χ4v) is 1.34.